The second kappa shape index (κ2) is 7.55. The number of aliphatic imine (C=N–C) groups is 1. The maximum atomic E-state index is 13.5. The number of carbonyl (C=O) groups is 1. The van der Waals surface area contributed by atoms with Crippen LogP contribution in [0.1, 0.15) is 34.6 Å². The Morgan fingerprint density at radius 3 is 2.17 bits per heavy atom. The Kier molecular flexibility index (Phi) is 4.60. The van der Waals surface area contributed by atoms with Gasteiger partial charge in [0, 0.05) is 24.2 Å². The molecule has 0 atom stereocenters. The number of hydrogen-bond donors (Lipinski definition) is 0. The highest BCUT2D eigenvalue weighted by Gasteiger charge is 2.27. The van der Waals surface area contributed by atoms with E-state index in [1.807, 2.05) is 72.8 Å². The van der Waals surface area contributed by atoms with Gasteiger partial charge in [0.1, 0.15) is 0 Å². The number of hydrogen-bond acceptors (Lipinski definition) is 4. The minimum Gasteiger partial charge on any atom is -0.454 e. The van der Waals surface area contributed by atoms with Gasteiger partial charge in [-0.3, -0.25) is 9.79 Å². The first-order valence-electron chi connectivity index (χ1n) is 9.88. The van der Waals surface area contributed by atoms with Crippen molar-refractivity contribution < 1.29 is 14.3 Å². The average Bonchev–Trinajstić information content (AvgIpc) is 3.22. The van der Waals surface area contributed by atoms with Gasteiger partial charge in [-0.05, 0) is 35.2 Å². The molecule has 2 aliphatic heterocycles. The van der Waals surface area contributed by atoms with Crippen LogP contribution in [0.4, 0.5) is 0 Å². The number of benzene rings is 3. The molecule has 0 spiro atoms. The summed E-state index contributed by atoms with van der Waals surface area (Å²) in [6, 6.07) is 23.9. The predicted molar refractivity (Wildman–Crippen MR) is 112 cm³/mol. The Morgan fingerprint density at radius 1 is 0.897 bits per heavy atom. The number of carbonyl (C=O) groups excluding carboxylic acids is 1. The molecule has 0 bridgehead atoms. The van der Waals surface area contributed by atoms with Crippen molar-refractivity contribution in [3.63, 3.8) is 0 Å². The van der Waals surface area contributed by atoms with E-state index >= 15 is 0 Å². The van der Waals surface area contributed by atoms with Crippen LogP contribution in [-0.4, -0.2) is 24.8 Å². The zero-order chi connectivity index (χ0) is 19.6. The first-order chi connectivity index (χ1) is 14.3. The Morgan fingerprint density at radius 2 is 1.52 bits per heavy atom. The van der Waals surface area contributed by atoms with E-state index < -0.39 is 0 Å². The second-order valence-corrected chi connectivity index (χ2v) is 7.34. The van der Waals surface area contributed by atoms with Gasteiger partial charge in [0.25, 0.3) is 0 Å². The maximum Gasteiger partial charge on any atom is 0.231 e. The topological polar surface area (TPSA) is 47.9 Å². The molecule has 0 N–H and O–H groups in total. The molecule has 0 aromatic heterocycles. The summed E-state index contributed by atoms with van der Waals surface area (Å²) < 4.78 is 11.0. The number of rotatable bonds is 5. The van der Waals surface area contributed by atoms with Gasteiger partial charge in [-0.1, -0.05) is 60.7 Å². The zero-order valence-electron chi connectivity index (χ0n) is 16.0. The monoisotopic (exact) mass is 383 g/mol. The van der Waals surface area contributed by atoms with E-state index in [0.717, 1.165) is 40.3 Å². The van der Waals surface area contributed by atoms with Crippen molar-refractivity contribution in [2.24, 2.45) is 4.99 Å². The van der Waals surface area contributed by atoms with Crippen molar-refractivity contribution >= 4 is 11.5 Å². The first kappa shape index (κ1) is 17.7. The summed E-state index contributed by atoms with van der Waals surface area (Å²) in [5, 5.41) is 0. The van der Waals surface area contributed by atoms with Gasteiger partial charge < -0.3 is 9.47 Å². The van der Waals surface area contributed by atoms with Crippen LogP contribution in [0, 0.1) is 0 Å². The highest BCUT2D eigenvalue weighted by Crippen LogP contribution is 2.37. The fourth-order valence-corrected chi connectivity index (χ4v) is 4.13. The molecular formula is C25H21NO3. The van der Waals surface area contributed by atoms with Crippen molar-refractivity contribution in [1.82, 2.24) is 0 Å². The molecule has 5 rings (SSSR count). The minimum atomic E-state index is -0.306. The highest BCUT2D eigenvalue weighted by molar-refractivity contribution is 6.14. The smallest absolute Gasteiger partial charge is 0.231 e. The van der Waals surface area contributed by atoms with E-state index in [1.165, 1.54) is 5.56 Å². The van der Waals surface area contributed by atoms with E-state index in [2.05, 4.69) is 0 Å². The molecule has 29 heavy (non-hydrogen) atoms. The van der Waals surface area contributed by atoms with E-state index in [4.69, 9.17) is 14.5 Å². The van der Waals surface area contributed by atoms with E-state index in [9.17, 15) is 4.79 Å². The van der Waals surface area contributed by atoms with E-state index in [-0.39, 0.29) is 18.5 Å². The number of ether oxygens (including phenoxy) is 2. The number of ketones is 1. The number of Topliss-reactive ketones (excluding diaryl/α,β-unsaturated/α-hetero) is 1. The largest absolute Gasteiger partial charge is 0.454 e. The molecule has 2 aliphatic rings. The zero-order valence-corrected chi connectivity index (χ0v) is 16.0. The molecule has 3 aromatic carbocycles. The van der Waals surface area contributed by atoms with Gasteiger partial charge in [0.05, 0.1) is 5.92 Å². The number of nitrogens with zero attached hydrogens (tertiary/aromatic N) is 1. The van der Waals surface area contributed by atoms with Crippen molar-refractivity contribution in [3.05, 3.63) is 95.1 Å². The third kappa shape index (κ3) is 3.42. The Hall–Kier alpha value is -3.40. The molecular weight excluding hydrogens is 362 g/mol. The molecule has 4 heteroatoms. The third-order valence-corrected chi connectivity index (χ3v) is 5.52. The Balaban J connectivity index is 1.48. The third-order valence-electron chi connectivity index (χ3n) is 5.52. The Bertz CT molecular complexity index is 1030. The van der Waals surface area contributed by atoms with Gasteiger partial charge in [-0.15, -0.1) is 0 Å². The van der Waals surface area contributed by atoms with Gasteiger partial charge >= 0.3 is 0 Å². The molecule has 3 aromatic rings. The lowest BCUT2D eigenvalue weighted by atomic mass is 9.84. The van der Waals surface area contributed by atoms with Crippen LogP contribution < -0.4 is 9.47 Å². The standard InChI is InChI=1S/C25H21NO3/c27-22(25(17-7-3-1-4-8-17)18-9-5-2-6-10-18)15-21-20-14-24-23(28-16-29-24)13-19(20)11-12-26-21/h1-10,13-14,25H,11-12,15-16H2. The lowest BCUT2D eigenvalue weighted by Crippen LogP contribution is -2.21. The van der Waals surface area contributed by atoms with Crippen molar-refractivity contribution in [3.8, 4) is 11.5 Å². The summed E-state index contributed by atoms with van der Waals surface area (Å²) in [6.07, 6.45) is 1.14. The molecule has 0 radical (unpaired) electrons. The SMILES string of the molecule is O=C(CC1=NCCc2cc3c(cc21)OCO3)C(c1ccccc1)c1ccccc1. The van der Waals surface area contributed by atoms with Crippen molar-refractivity contribution in [1.29, 1.82) is 0 Å². The molecule has 0 unspecified atom stereocenters. The van der Waals surface area contributed by atoms with Crippen LogP contribution >= 0.6 is 0 Å². The average molecular weight is 383 g/mol. The molecule has 0 amide bonds. The molecule has 144 valence electrons. The molecule has 0 saturated heterocycles. The lowest BCUT2D eigenvalue weighted by molar-refractivity contribution is -0.118. The van der Waals surface area contributed by atoms with Gasteiger partial charge in [0.15, 0.2) is 17.3 Å². The maximum absolute atomic E-state index is 13.5. The van der Waals surface area contributed by atoms with Gasteiger partial charge in [0.2, 0.25) is 6.79 Å². The van der Waals surface area contributed by atoms with Gasteiger partial charge in [-0.25, -0.2) is 0 Å². The second-order valence-electron chi connectivity index (χ2n) is 7.34. The van der Waals surface area contributed by atoms with Crippen LogP contribution in [0.2, 0.25) is 0 Å². The number of fused-ring (bicyclic) bond motifs is 2. The van der Waals surface area contributed by atoms with Crippen molar-refractivity contribution in [2.75, 3.05) is 13.3 Å². The van der Waals surface area contributed by atoms with Crippen LogP contribution in [-0.2, 0) is 11.2 Å². The van der Waals surface area contributed by atoms with Crippen molar-refractivity contribution in [2.45, 2.75) is 18.8 Å². The lowest BCUT2D eigenvalue weighted by Gasteiger charge is -2.21. The summed E-state index contributed by atoms with van der Waals surface area (Å²) in [7, 11) is 0. The van der Waals surface area contributed by atoms with E-state index in [1.54, 1.807) is 0 Å². The summed E-state index contributed by atoms with van der Waals surface area (Å²) in [6.45, 7) is 0.935. The molecule has 0 saturated carbocycles. The molecule has 0 aliphatic carbocycles. The minimum absolute atomic E-state index is 0.145. The highest BCUT2D eigenvalue weighted by atomic mass is 16.7. The molecule has 0 fully saturated rings. The summed E-state index contributed by atoms with van der Waals surface area (Å²) >= 11 is 0. The normalized spacial score (nSPS) is 14.4. The quantitative estimate of drug-likeness (QED) is 0.649. The summed E-state index contributed by atoms with van der Waals surface area (Å²) in [4.78, 5) is 18.2. The van der Waals surface area contributed by atoms with Crippen LogP contribution in [0.5, 0.6) is 11.5 Å². The fourth-order valence-electron chi connectivity index (χ4n) is 4.13. The Labute approximate surface area is 169 Å². The van der Waals surface area contributed by atoms with Crippen LogP contribution in [0.3, 0.4) is 0 Å². The van der Waals surface area contributed by atoms with Gasteiger partial charge in [-0.2, -0.15) is 0 Å². The van der Waals surface area contributed by atoms with Crippen LogP contribution in [0.15, 0.2) is 77.8 Å². The first-order valence-corrected chi connectivity index (χ1v) is 9.88. The van der Waals surface area contributed by atoms with E-state index in [0.29, 0.717) is 13.0 Å². The van der Waals surface area contributed by atoms with Crippen LogP contribution in [0.25, 0.3) is 0 Å². The molecule has 2 heterocycles. The summed E-state index contributed by atoms with van der Waals surface area (Å²) in [5.41, 5.74) is 5.03. The fraction of sp³-hybridized carbons (Fsp3) is 0.200. The summed E-state index contributed by atoms with van der Waals surface area (Å²) in [5.74, 6) is 1.35. The molecule has 4 nitrogen and oxygen atoms in total. The predicted octanol–water partition coefficient (Wildman–Crippen LogP) is 4.55.